The van der Waals surface area contributed by atoms with Crippen molar-refractivity contribution in [2.75, 3.05) is 46.4 Å². The van der Waals surface area contributed by atoms with Gasteiger partial charge in [0.1, 0.15) is 5.75 Å². The van der Waals surface area contributed by atoms with Crippen LogP contribution in [-0.4, -0.2) is 69.9 Å². The fraction of sp³-hybridized carbons (Fsp3) is 0.632. The molecule has 7 nitrogen and oxygen atoms in total. The third-order valence-corrected chi connectivity index (χ3v) is 7.18. The summed E-state index contributed by atoms with van der Waals surface area (Å²) in [4.78, 5) is 15.1. The molecule has 0 saturated carbocycles. The predicted octanol–water partition coefficient (Wildman–Crippen LogP) is 1.70. The number of hydrogen-bond acceptors (Lipinski definition) is 5. The smallest absolute Gasteiger partial charge is 0.255 e. The maximum atomic E-state index is 12.8. The maximum Gasteiger partial charge on any atom is 0.255 e. The van der Waals surface area contributed by atoms with E-state index in [4.69, 9.17) is 4.74 Å². The molecule has 0 unspecified atom stereocenters. The van der Waals surface area contributed by atoms with E-state index in [1.807, 2.05) is 0 Å². The van der Waals surface area contributed by atoms with Crippen molar-refractivity contribution in [3.05, 3.63) is 23.8 Å². The van der Waals surface area contributed by atoms with Gasteiger partial charge < -0.3 is 15.0 Å². The number of carbonyl (C=O) groups is 1. The molecule has 0 radical (unpaired) electrons. The fourth-order valence-corrected chi connectivity index (χ4v) is 5.25. The fourth-order valence-electron chi connectivity index (χ4n) is 3.71. The van der Waals surface area contributed by atoms with E-state index in [0.717, 1.165) is 32.5 Å². The summed E-state index contributed by atoms with van der Waals surface area (Å²) >= 11 is 0. The molecule has 1 aromatic rings. The second-order valence-corrected chi connectivity index (χ2v) is 9.07. The number of hydrogen-bond donors (Lipinski definition) is 1. The Labute approximate surface area is 161 Å². The van der Waals surface area contributed by atoms with Crippen LogP contribution in [0.4, 0.5) is 0 Å². The van der Waals surface area contributed by atoms with Gasteiger partial charge in [-0.1, -0.05) is 6.42 Å². The first kappa shape index (κ1) is 20.1. The molecule has 1 N–H and O–H groups in total. The molecule has 27 heavy (non-hydrogen) atoms. The lowest BCUT2D eigenvalue weighted by atomic mass is 10.1. The van der Waals surface area contributed by atoms with E-state index >= 15 is 0 Å². The Balaban J connectivity index is 1.70. The van der Waals surface area contributed by atoms with E-state index in [-0.39, 0.29) is 16.4 Å². The topological polar surface area (TPSA) is 79.0 Å². The molecule has 0 aromatic heterocycles. The van der Waals surface area contributed by atoms with Crippen LogP contribution >= 0.6 is 0 Å². The van der Waals surface area contributed by atoms with Crippen molar-refractivity contribution < 1.29 is 17.9 Å². The minimum atomic E-state index is -3.57. The Morgan fingerprint density at radius 3 is 2.41 bits per heavy atom. The third kappa shape index (κ3) is 4.80. The largest absolute Gasteiger partial charge is 0.496 e. The summed E-state index contributed by atoms with van der Waals surface area (Å²) in [6.07, 6.45) is 5.44. The summed E-state index contributed by atoms with van der Waals surface area (Å²) in [5, 5.41) is 2.90. The molecule has 1 amide bonds. The maximum absolute atomic E-state index is 12.8. The van der Waals surface area contributed by atoms with Gasteiger partial charge in [-0.3, -0.25) is 4.79 Å². The lowest BCUT2D eigenvalue weighted by molar-refractivity contribution is 0.0943. The average molecular weight is 396 g/mol. The van der Waals surface area contributed by atoms with Crippen molar-refractivity contribution in [2.45, 2.75) is 37.0 Å². The normalized spacial score (nSPS) is 19.1. The molecule has 1 aromatic carbocycles. The SMILES string of the molecule is COc1ccc(S(=O)(=O)N2CCCC2)cc1C(=O)NCCN1CCCCC1. The highest BCUT2D eigenvalue weighted by Crippen LogP contribution is 2.26. The number of carbonyl (C=O) groups excluding carboxylic acids is 1. The Kier molecular flexibility index (Phi) is 6.73. The van der Waals surface area contributed by atoms with E-state index in [1.165, 1.54) is 42.8 Å². The Bertz CT molecular complexity index is 754. The van der Waals surface area contributed by atoms with Crippen molar-refractivity contribution in [1.82, 2.24) is 14.5 Å². The minimum Gasteiger partial charge on any atom is -0.496 e. The van der Waals surface area contributed by atoms with Crippen molar-refractivity contribution >= 4 is 15.9 Å². The molecule has 0 aliphatic carbocycles. The summed E-state index contributed by atoms with van der Waals surface area (Å²) in [6, 6.07) is 4.50. The molecule has 150 valence electrons. The van der Waals surface area contributed by atoms with Gasteiger partial charge in [0.05, 0.1) is 17.6 Å². The van der Waals surface area contributed by atoms with Crippen LogP contribution in [0.3, 0.4) is 0 Å². The van der Waals surface area contributed by atoms with Crippen LogP contribution in [0.2, 0.25) is 0 Å². The van der Waals surface area contributed by atoms with Gasteiger partial charge >= 0.3 is 0 Å². The van der Waals surface area contributed by atoms with Gasteiger partial charge in [0.15, 0.2) is 0 Å². The second kappa shape index (κ2) is 9.03. The first-order valence-electron chi connectivity index (χ1n) is 9.71. The van der Waals surface area contributed by atoms with E-state index in [9.17, 15) is 13.2 Å². The summed E-state index contributed by atoms with van der Waals surface area (Å²) < 4.78 is 32.3. The lowest BCUT2D eigenvalue weighted by Gasteiger charge is -2.26. The standard InChI is InChI=1S/C19H29N3O4S/c1-26-18-8-7-16(27(24,25)22-12-5-6-13-22)15-17(18)19(23)20-9-14-21-10-3-2-4-11-21/h7-8,15H,2-6,9-14H2,1H3,(H,20,23). The molecule has 0 bridgehead atoms. The number of methoxy groups -OCH3 is 1. The van der Waals surface area contributed by atoms with Crippen LogP contribution in [-0.2, 0) is 10.0 Å². The minimum absolute atomic E-state index is 0.145. The second-order valence-electron chi connectivity index (χ2n) is 7.13. The number of benzene rings is 1. The van der Waals surface area contributed by atoms with Crippen LogP contribution in [0.1, 0.15) is 42.5 Å². The number of rotatable bonds is 7. The van der Waals surface area contributed by atoms with Crippen LogP contribution < -0.4 is 10.1 Å². The first-order chi connectivity index (χ1) is 13.0. The Morgan fingerprint density at radius 1 is 1.07 bits per heavy atom. The number of nitrogens with one attached hydrogen (secondary N) is 1. The molecule has 2 aliphatic heterocycles. The van der Waals surface area contributed by atoms with E-state index in [0.29, 0.717) is 25.4 Å². The van der Waals surface area contributed by atoms with E-state index in [1.54, 1.807) is 6.07 Å². The highest BCUT2D eigenvalue weighted by molar-refractivity contribution is 7.89. The average Bonchev–Trinajstić information content (AvgIpc) is 3.24. The Hall–Kier alpha value is -1.64. The number of amides is 1. The summed E-state index contributed by atoms with van der Waals surface area (Å²) in [5.41, 5.74) is 0.261. The van der Waals surface area contributed by atoms with Gasteiger partial charge in [-0.05, 0) is 57.0 Å². The lowest BCUT2D eigenvalue weighted by Crippen LogP contribution is -2.37. The van der Waals surface area contributed by atoms with Crippen LogP contribution in [0.25, 0.3) is 0 Å². The van der Waals surface area contributed by atoms with Gasteiger partial charge in [0.25, 0.3) is 5.91 Å². The van der Waals surface area contributed by atoms with Crippen LogP contribution in [0.5, 0.6) is 5.75 Å². The van der Waals surface area contributed by atoms with Gasteiger partial charge in [-0.2, -0.15) is 4.31 Å². The van der Waals surface area contributed by atoms with Gasteiger partial charge in [-0.15, -0.1) is 0 Å². The number of nitrogens with zero attached hydrogens (tertiary/aromatic N) is 2. The molecular weight excluding hydrogens is 366 g/mol. The Morgan fingerprint density at radius 2 is 1.74 bits per heavy atom. The van der Waals surface area contributed by atoms with Crippen LogP contribution in [0.15, 0.2) is 23.1 Å². The molecule has 2 fully saturated rings. The van der Waals surface area contributed by atoms with Gasteiger partial charge in [0, 0.05) is 26.2 Å². The van der Waals surface area contributed by atoms with Crippen molar-refractivity contribution in [1.29, 1.82) is 0 Å². The van der Waals surface area contributed by atoms with E-state index in [2.05, 4.69) is 10.2 Å². The zero-order chi connectivity index (χ0) is 19.3. The molecule has 3 rings (SSSR count). The number of piperidine rings is 1. The monoisotopic (exact) mass is 395 g/mol. The third-order valence-electron chi connectivity index (χ3n) is 5.28. The number of likely N-dealkylation sites (tertiary alicyclic amines) is 1. The molecule has 2 saturated heterocycles. The molecule has 8 heteroatoms. The molecule has 2 aliphatic rings. The first-order valence-corrected chi connectivity index (χ1v) is 11.1. The van der Waals surface area contributed by atoms with Gasteiger partial charge in [0.2, 0.25) is 10.0 Å². The van der Waals surface area contributed by atoms with Gasteiger partial charge in [-0.25, -0.2) is 8.42 Å². The van der Waals surface area contributed by atoms with Crippen LogP contribution in [0, 0.1) is 0 Å². The number of sulfonamides is 1. The predicted molar refractivity (Wildman–Crippen MR) is 104 cm³/mol. The molecule has 2 heterocycles. The molecule has 0 atom stereocenters. The van der Waals surface area contributed by atoms with Crippen molar-refractivity contribution in [3.63, 3.8) is 0 Å². The zero-order valence-electron chi connectivity index (χ0n) is 15.9. The molecular formula is C19H29N3O4S. The van der Waals surface area contributed by atoms with Crippen molar-refractivity contribution in [2.24, 2.45) is 0 Å². The quantitative estimate of drug-likeness (QED) is 0.760. The summed E-state index contributed by atoms with van der Waals surface area (Å²) in [5.74, 6) is 0.0770. The van der Waals surface area contributed by atoms with Crippen molar-refractivity contribution in [3.8, 4) is 5.75 Å². The number of ether oxygens (including phenoxy) is 1. The van der Waals surface area contributed by atoms with E-state index < -0.39 is 10.0 Å². The highest BCUT2D eigenvalue weighted by atomic mass is 32.2. The summed E-state index contributed by atoms with van der Waals surface area (Å²) in [6.45, 7) is 4.55. The summed E-state index contributed by atoms with van der Waals surface area (Å²) in [7, 11) is -2.09. The highest BCUT2D eigenvalue weighted by Gasteiger charge is 2.28. The zero-order valence-corrected chi connectivity index (χ0v) is 16.8. The molecule has 0 spiro atoms.